The fourth-order valence-corrected chi connectivity index (χ4v) is 2.77. The van der Waals surface area contributed by atoms with Gasteiger partial charge in [0.05, 0.1) is 0 Å². The standard InChI is InChI=1S/C20H27N3O2/c1-23(2)15-16-7-6-10-19(13-16)22-20(25)21-14-18(11-12-24)17-8-4-3-5-9-17/h3-10,13,18,24H,11-12,14-15H2,1-2H3,(H2,21,22,25). The monoisotopic (exact) mass is 341 g/mol. The van der Waals surface area contributed by atoms with E-state index in [1.54, 1.807) is 0 Å². The van der Waals surface area contributed by atoms with E-state index in [1.165, 1.54) is 0 Å². The molecule has 2 rings (SSSR count). The fourth-order valence-electron chi connectivity index (χ4n) is 2.77. The van der Waals surface area contributed by atoms with Crippen LogP contribution in [0.5, 0.6) is 0 Å². The molecule has 1 atom stereocenters. The number of hydrogen-bond acceptors (Lipinski definition) is 3. The molecule has 2 amide bonds. The van der Waals surface area contributed by atoms with Gasteiger partial charge in [-0.3, -0.25) is 0 Å². The van der Waals surface area contributed by atoms with Crippen molar-refractivity contribution in [3.8, 4) is 0 Å². The largest absolute Gasteiger partial charge is 0.396 e. The van der Waals surface area contributed by atoms with Gasteiger partial charge in [-0.2, -0.15) is 0 Å². The summed E-state index contributed by atoms with van der Waals surface area (Å²) in [6.07, 6.45) is 0.614. The van der Waals surface area contributed by atoms with Crippen LogP contribution >= 0.6 is 0 Å². The molecule has 0 saturated carbocycles. The van der Waals surface area contributed by atoms with Crippen LogP contribution in [0.1, 0.15) is 23.5 Å². The van der Waals surface area contributed by atoms with Crippen LogP contribution in [-0.4, -0.2) is 43.3 Å². The molecule has 0 spiro atoms. The molecule has 0 radical (unpaired) electrons. The van der Waals surface area contributed by atoms with Gasteiger partial charge in [-0.25, -0.2) is 4.79 Å². The first-order chi connectivity index (χ1) is 12.1. The molecule has 0 saturated heterocycles. The predicted molar refractivity (Wildman–Crippen MR) is 102 cm³/mol. The van der Waals surface area contributed by atoms with Gasteiger partial charge < -0.3 is 20.6 Å². The summed E-state index contributed by atoms with van der Waals surface area (Å²) in [5.41, 5.74) is 3.03. The molecule has 0 aromatic heterocycles. The minimum atomic E-state index is -0.235. The van der Waals surface area contributed by atoms with Crippen LogP contribution in [0, 0.1) is 0 Å². The maximum atomic E-state index is 12.2. The summed E-state index contributed by atoms with van der Waals surface area (Å²) in [4.78, 5) is 14.3. The molecule has 0 fully saturated rings. The van der Waals surface area contributed by atoms with Gasteiger partial charge in [-0.1, -0.05) is 42.5 Å². The van der Waals surface area contributed by atoms with Gasteiger partial charge in [0, 0.05) is 31.3 Å². The molecular formula is C20H27N3O2. The molecule has 2 aromatic carbocycles. The quantitative estimate of drug-likeness (QED) is 0.691. The van der Waals surface area contributed by atoms with Gasteiger partial charge in [0.15, 0.2) is 0 Å². The summed E-state index contributed by atoms with van der Waals surface area (Å²) in [6.45, 7) is 1.40. The molecule has 2 aromatic rings. The summed E-state index contributed by atoms with van der Waals surface area (Å²) in [6, 6.07) is 17.5. The Labute approximate surface area is 149 Å². The molecule has 0 bridgehead atoms. The molecule has 134 valence electrons. The number of anilines is 1. The van der Waals surface area contributed by atoms with Gasteiger partial charge in [0.25, 0.3) is 0 Å². The summed E-state index contributed by atoms with van der Waals surface area (Å²) < 4.78 is 0. The lowest BCUT2D eigenvalue weighted by atomic mass is 9.96. The number of aliphatic hydroxyl groups excluding tert-OH is 1. The summed E-state index contributed by atoms with van der Waals surface area (Å²) >= 11 is 0. The Kier molecular flexibility index (Phi) is 7.44. The van der Waals surface area contributed by atoms with E-state index in [-0.39, 0.29) is 18.6 Å². The fraction of sp³-hybridized carbons (Fsp3) is 0.350. The van der Waals surface area contributed by atoms with Crippen LogP contribution in [0.4, 0.5) is 10.5 Å². The molecule has 0 aliphatic heterocycles. The number of aliphatic hydroxyl groups is 1. The van der Waals surface area contributed by atoms with Crippen LogP contribution in [0.2, 0.25) is 0 Å². The summed E-state index contributed by atoms with van der Waals surface area (Å²) in [5, 5.41) is 15.0. The Balaban J connectivity index is 1.91. The molecule has 0 heterocycles. The molecule has 25 heavy (non-hydrogen) atoms. The van der Waals surface area contributed by atoms with Crippen molar-refractivity contribution < 1.29 is 9.90 Å². The SMILES string of the molecule is CN(C)Cc1cccc(NC(=O)NCC(CCO)c2ccccc2)c1. The lowest BCUT2D eigenvalue weighted by Crippen LogP contribution is -2.32. The van der Waals surface area contributed by atoms with E-state index in [1.807, 2.05) is 68.7 Å². The molecule has 3 N–H and O–H groups in total. The van der Waals surface area contributed by atoms with Crippen molar-refractivity contribution in [1.82, 2.24) is 10.2 Å². The third-order valence-corrected chi connectivity index (χ3v) is 3.94. The minimum absolute atomic E-state index is 0.0927. The zero-order valence-corrected chi connectivity index (χ0v) is 14.9. The first-order valence-corrected chi connectivity index (χ1v) is 8.53. The zero-order chi connectivity index (χ0) is 18.1. The van der Waals surface area contributed by atoms with E-state index < -0.39 is 0 Å². The van der Waals surface area contributed by atoms with Crippen LogP contribution in [-0.2, 0) is 6.54 Å². The molecule has 1 unspecified atom stereocenters. The van der Waals surface area contributed by atoms with Gasteiger partial charge in [0.2, 0.25) is 0 Å². The second-order valence-electron chi connectivity index (χ2n) is 6.39. The van der Waals surface area contributed by atoms with Gasteiger partial charge in [0.1, 0.15) is 0 Å². The van der Waals surface area contributed by atoms with Crippen molar-refractivity contribution in [2.75, 3.05) is 32.6 Å². The minimum Gasteiger partial charge on any atom is -0.396 e. The summed E-state index contributed by atoms with van der Waals surface area (Å²) in [5.74, 6) is 0.0945. The van der Waals surface area contributed by atoms with Crippen LogP contribution in [0.15, 0.2) is 54.6 Å². The molecular weight excluding hydrogens is 314 g/mol. The smallest absolute Gasteiger partial charge is 0.319 e. The topological polar surface area (TPSA) is 64.6 Å². The third kappa shape index (κ3) is 6.57. The van der Waals surface area contributed by atoms with Crippen molar-refractivity contribution in [2.45, 2.75) is 18.9 Å². The van der Waals surface area contributed by atoms with Gasteiger partial charge in [-0.05, 0) is 43.8 Å². The number of carbonyl (C=O) groups excluding carboxylic acids is 1. The van der Waals surface area contributed by atoms with Crippen molar-refractivity contribution >= 4 is 11.7 Å². The van der Waals surface area contributed by atoms with Gasteiger partial charge in [-0.15, -0.1) is 0 Å². The maximum absolute atomic E-state index is 12.2. The predicted octanol–water partition coefficient (Wildman–Crippen LogP) is 3.04. The van der Waals surface area contributed by atoms with Crippen molar-refractivity contribution in [3.63, 3.8) is 0 Å². The Morgan fingerprint density at radius 1 is 1.12 bits per heavy atom. The second-order valence-corrected chi connectivity index (χ2v) is 6.39. The lowest BCUT2D eigenvalue weighted by Gasteiger charge is -2.17. The number of hydrogen-bond donors (Lipinski definition) is 3. The number of nitrogens with one attached hydrogen (secondary N) is 2. The number of urea groups is 1. The highest BCUT2D eigenvalue weighted by atomic mass is 16.3. The summed E-state index contributed by atoms with van der Waals surface area (Å²) in [7, 11) is 4.02. The third-order valence-electron chi connectivity index (χ3n) is 3.94. The van der Waals surface area contributed by atoms with Crippen molar-refractivity contribution in [1.29, 1.82) is 0 Å². The Morgan fingerprint density at radius 3 is 2.56 bits per heavy atom. The van der Waals surface area contributed by atoms with Crippen LogP contribution in [0.25, 0.3) is 0 Å². The van der Waals surface area contributed by atoms with Gasteiger partial charge >= 0.3 is 6.03 Å². The average Bonchev–Trinajstić information content (AvgIpc) is 2.59. The van der Waals surface area contributed by atoms with E-state index in [9.17, 15) is 9.90 Å². The number of rotatable bonds is 8. The number of amides is 2. The normalized spacial score (nSPS) is 12.0. The first-order valence-electron chi connectivity index (χ1n) is 8.53. The highest BCUT2D eigenvalue weighted by Gasteiger charge is 2.12. The highest BCUT2D eigenvalue weighted by Crippen LogP contribution is 2.18. The molecule has 0 aliphatic rings. The first kappa shape index (κ1) is 19.0. The zero-order valence-electron chi connectivity index (χ0n) is 14.9. The Morgan fingerprint density at radius 2 is 1.88 bits per heavy atom. The van der Waals surface area contributed by atoms with E-state index in [0.29, 0.717) is 13.0 Å². The van der Waals surface area contributed by atoms with Crippen molar-refractivity contribution in [2.24, 2.45) is 0 Å². The Bertz CT molecular complexity index is 659. The number of carbonyl (C=O) groups is 1. The van der Waals surface area contributed by atoms with E-state index in [0.717, 1.165) is 23.4 Å². The molecule has 5 heteroatoms. The van der Waals surface area contributed by atoms with E-state index in [4.69, 9.17) is 0 Å². The lowest BCUT2D eigenvalue weighted by molar-refractivity contribution is 0.248. The Hall–Kier alpha value is -2.37. The molecule has 0 aliphatic carbocycles. The highest BCUT2D eigenvalue weighted by molar-refractivity contribution is 5.89. The average molecular weight is 341 g/mol. The number of nitrogens with zero attached hydrogens (tertiary/aromatic N) is 1. The second kappa shape index (κ2) is 9.81. The molecule has 5 nitrogen and oxygen atoms in total. The van der Waals surface area contributed by atoms with Crippen LogP contribution in [0.3, 0.4) is 0 Å². The van der Waals surface area contributed by atoms with E-state index in [2.05, 4.69) is 15.5 Å². The maximum Gasteiger partial charge on any atom is 0.319 e. The number of benzene rings is 2. The van der Waals surface area contributed by atoms with Crippen LogP contribution < -0.4 is 10.6 Å². The van der Waals surface area contributed by atoms with Crippen molar-refractivity contribution in [3.05, 3.63) is 65.7 Å². The van der Waals surface area contributed by atoms with E-state index >= 15 is 0 Å².